The number of thioether (sulfide) groups is 1. The zero-order chi connectivity index (χ0) is 44.7. The molecule has 328 valence electrons. The Morgan fingerprint density at radius 3 is 2.41 bits per heavy atom. The maximum absolute atomic E-state index is 6.88. The molecule has 8 unspecified atom stereocenters. The van der Waals surface area contributed by atoms with Crippen LogP contribution in [0.25, 0.3) is 27.8 Å². The first-order valence-electron chi connectivity index (χ1n) is 24.1. The Kier molecular flexibility index (Phi) is 10.1. The average Bonchev–Trinajstić information content (AvgIpc) is 3.83. The summed E-state index contributed by atoms with van der Waals surface area (Å²) >= 11 is 2.00. The van der Waals surface area contributed by atoms with Crippen molar-refractivity contribution >= 4 is 45.4 Å². The number of allylic oxidation sites excluding steroid dienone is 8. The number of furan rings is 1. The fourth-order valence-corrected chi connectivity index (χ4v) is 13.6. The molecule has 4 nitrogen and oxygen atoms in total. The zero-order valence-electron chi connectivity index (χ0n) is 38.5. The van der Waals surface area contributed by atoms with Crippen LogP contribution in [0, 0.1) is 23.7 Å². The number of amidine groups is 1. The summed E-state index contributed by atoms with van der Waals surface area (Å²) < 4.78 is 6.79. The van der Waals surface area contributed by atoms with Crippen molar-refractivity contribution in [1.29, 1.82) is 0 Å². The maximum atomic E-state index is 6.88. The molecule has 3 aliphatic carbocycles. The standard InChI is InChI=1S/C61H57N3OS/c1-37-25-26-38(2)48(33-37)43-31-32-51-56(39(3)34-43)57-47-20-9-11-23-54(47)65-59(57)58(62-51)41-27-29-42(30-28-41)60-63-52(36-53(64(60)5)40-15-7-6-8-16-40)45-18-13-17-44(35-45)49-21-14-22-50-46-19-10-12-24-55(46)66-61(49,50)4/h6-24,27-33,35-39,43,50,53,58,62H,25-26,34H2,1-5H3. The summed E-state index contributed by atoms with van der Waals surface area (Å²) in [6.45, 7) is 9.65. The number of aliphatic imine (C=N–C) groups is 1. The van der Waals surface area contributed by atoms with Gasteiger partial charge in [0.1, 0.15) is 23.2 Å². The van der Waals surface area contributed by atoms with Gasteiger partial charge in [-0.2, -0.15) is 0 Å². The molecule has 8 atom stereocenters. The minimum atomic E-state index is -0.140. The summed E-state index contributed by atoms with van der Waals surface area (Å²) in [5, 5.41) is 5.24. The highest BCUT2D eigenvalue weighted by Gasteiger charge is 2.46. The molecule has 0 fully saturated rings. The van der Waals surface area contributed by atoms with E-state index in [1.165, 1.54) is 67.8 Å². The Hall–Kier alpha value is -6.30. The topological polar surface area (TPSA) is 40.8 Å². The predicted molar refractivity (Wildman–Crippen MR) is 275 cm³/mol. The first kappa shape index (κ1) is 41.2. The predicted octanol–water partition coefficient (Wildman–Crippen LogP) is 15.1. The zero-order valence-corrected chi connectivity index (χ0v) is 39.4. The molecule has 5 heteroatoms. The first-order chi connectivity index (χ1) is 32.2. The molecular formula is C61H57N3OS. The minimum Gasteiger partial charge on any atom is -0.458 e. The fourth-order valence-electron chi connectivity index (χ4n) is 12.1. The number of rotatable bonds is 6. The summed E-state index contributed by atoms with van der Waals surface area (Å²) in [4.78, 5) is 9.23. The first-order valence-corrected chi connectivity index (χ1v) is 24.9. The summed E-state index contributed by atoms with van der Waals surface area (Å²) in [6.07, 6.45) is 20.4. The molecule has 5 aromatic carbocycles. The van der Waals surface area contributed by atoms with E-state index in [0.717, 1.165) is 40.4 Å². The van der Waals surface area contributed by atoms with Crippen LogP contribution in [0.1, 0.15) is 110 Å². The Bertz CT molecular complexity index is 3120. The normalized spacial score (nSPS) is 27.7. The second-order valence-electron chi connectivity index (χ2n) is 19.8. The summed E-state index contributed by atoms with van der Waals surface area (Å²) in [5.74, 6) is 4.33. The van der Waals surface area contributed by atoms with E-state index in [1.54, 1.807) is 5.57 Å². The van der Waals surface area contributed by atoms with Crippen molar-refractivity contribution in [1.82, 2.24) is 10.2 Å². The highest BCUT2D eigenvalue weighted by Crippen LogP contribution is 2.60. The van der Waals surface area contributed by atoms with Crippen LogP contribution in [0.5, 0.6) is 0 Å². The van der Waals surface area contributed by atoms with Gasteiger partial charge in [-0.1, -0.05) is 166 Å². The van der Waals surface area contributed by atoms with Gasteiger partial charge >= 0.3 is 0 Å². The molecule has 0 saturated heterocycles. The average molecular weight is 880 g/mol. The second-order valence-corrected chi connectivity index (χ2v) is 21.3. The van der Waals surface area contributed by atoms with Gasteiger partial charge in [-0.05, 0) is 114 Å². The van der Waals surface area contributed by atoms with Crippen LogP contribution in [0.15, 0.2) is 196 Å². The highest BCUT2D eigenvalue weighted by atomic mass is 32.2. The van der Waals surface area contributed by atoms with E-state index in [4.69, 9.17) is 9.41 Å². The van der Waals surface area contributed by atoms with Gasteiger partial charge in [0.25, 0.3) is 0 Å². The van der Waals surface area contributed by atoms with Crippen LogP contribution in [-0.4, -0.2) is 22.5 Å². The molecule has 3 aliphatic heterocycles. The molecular weight excluding hydrogens is 823 g/mol. The molecule has 6 aliphatic rings. The third kappa shape index (κ3) is 6.84. The number of likely N-dealkylation sites (N-methyl/N-ethyl adjacent to an activating group) is 1. The van der Waals surface area contributed by atoms with E-state index in [9.17, 15) is 0 Å². The van der Waals surface area contributed by atoms with E-state index in [-0.39, 0.29) is 16.8 Å². The van der Waals surface area contributed by atoms with Crippen molar-refractivity contribution in [3.05, 3.63) is 226 Å². The van der Waals surface area contributed by atoms with Crippen molar-refractivity contribution in [2.75, 3.05) is 7.05 Å². The van der Waals surface area contributed by atoms with Crippen LogP contribution in [0.2, 0.25) is 0 Å². The van der Waals surface area contributed by atoms with Crippen molar-refractivity contribution in [3.63, 3.8) is 0 Å². The molecule has 0 amide bonds. The van der Waals surface area contributed by atoms with Crippen molar-refractivity contribution in [2.45, 2.75) is 74.6 Å². The Morgan fingerprint density at radius 2 is 1.55 bits per heavy atom. The number of hydrogen-bond acceptors (Lipinski definition) is 5. The Balaban J connectivity index is 0.898. The van der Waals surface area contributed by atoms with Gasteiger partial charge in [-0.3, -0.25) is 0 Å². The molecule has 12 rings (SSSR count). The van der Waals surface area contributed by atoms with Crippen molar-refractivity contribution in [2.24, 2.45) is 28.7 Å². The second kappa shape index (κ2) is 16.2. The van der Waals surface area contributed by atoms with Crippen LogP contribution in [-0.2, 0) is 0 Å². The number of nitrogens with zero attached hydrogens (tertiary/aromatic N) is 2. The molecule has 0 bridgehead atoms. The van der Waals surface area contributed by atoms with E-state index in [0.29, 0.717) is 29.6 Å². The van der Waals surface area contributed by atoms with Gasteiger partial charge in [-0.15, -0.1) is 11.8 Å². The van der Waals surface area contributed by atoms with E-state index in [2.05, 4.69) is 215 Å². The van der Waals surface area contributed by atoms with Crippen LogP contribution in [0.4, 0.5) is 0 Å². The third-order valence-corrected chi connectivity index (χ3v) is 17.0. The van der Waals surface area contributed by atoms with Crippen molar-refractivity contribution < 1.29 is 4.42 Å². The molecule has 0 radical (unpaired) electrons. The molecule has 1 aromatic heterocycles. The number of fused-ring (bicyclic) bond motifs is 7. The molecule has 66 heavy (non-hydrogen) atoms. The molecule has 6 aromatic rings. The summed E-state index contributed by atoms with van der Waals surface area (Å²) in [5.41, 5.74) is 16.0. The van der Waals surface area contributed by atoms with Crippen LogP contribution >= 0.6 is 11.8 Å². The SMILES string of the molecule is CC1C=C(C2C=CC3=C(c4c(oc5ccccc45)C(c4ccc(C5=NC(c6cccc(C7=CC=CC8c9ccccc9SC78C)c6)=CC(c6ccccc6)N5C)cc4)N3)C(C)C2)C(C)CC1. The Morgan fingerprint density at radius 1 is 0.758 bits per heavy atom. The van der Waals surface area contributed by atoms with Gasteiger partial charge in [-0.25, -0.2) is 4.99 Å². The lowest BCUT2D eigenvalue weighted by Crippen LogP contribution is -2.33. The largest absolute Gasteiger partial charge is 0.458 e. The number of para-hydroxylation sites is 1. The highest BCUT2D eigenvalue weighted by molar-refractivity contribution is 8.01. The van der Waals surface area contributed by atoms with Gasteiger partial charge in [0.05, 0.1) is 16.5 Å². The van der Waals surface area contributed by atoms with Gasteiger partial charge in [0, 0.05) is 45.6 Å². The lowest BCUT2D eigenvalue weighted by molar-refractivity contribution is 0.426. The monoisotopic (exact) mass is 879 g/mol. The smallest absolute Gasteiger partial charge is 0.139 e. The number of hydrogen-bond donors (Lipinski definition) is 1. The quantitative estimate of drug-likeness (QED) is 0.169. The van der Waals surface area contributed by atoms with E-state index in [1.807, 2.05) is 11.8 Å². The maximum Gasteiger partial charge on any atom is 0.139 e. The lowest BCUT2D eigenvalue weighted by Gasteiger charge is -2.35. The lowest BCUT2D eigenvalue weighted by atomic mass is 9.74. The minimum absolute atomic E-state index is 0.00235. The molecule has 0 spiro atoms. The third-order valence-electron chi connectivity index (χ3n) is 15.5. The van der Waals surface area contributed by atoms with E-state index >= 15 is 0 Å². The van der Waals surface area contributed by atoms with Crippen LogP contribution < -0.4 is 5.32 Å². The molecule has 4 heterocycles. The van der Waals surface area contributed by atoms with Crippen molar-refractivity contribution in [3.8, 4) is 0 Å². The molecule has 0 saturated carbocycles. The van der Waals surface area contributed by atoms with Gasteiger partial charge in [0.15, 0.2) is 0 Å². The number of nitrogens with one attached hydrogen (secondary N) is 1. The fraction of sp³-hybridized carbons (Fsp3) is 0.262. The van der Waals surface area contributed by atoms with Gasteiger partial charge in [0.2, 0.25) is 0 Å². The Labute approximate surface area is 394 Å². The van der Waals surface area contributed by atoms with Gasteiger partial charge < -0.3 is 14.6 Å². The number of benzene rings is 5. The van der Waals surface area contributed by atoms with Crippen LogP contribution in [0.3, 0.4) is 0 Å². The van der Waals surface area contributed by atoms with E-state index < -0.39 is 0 Å². The summed E-state index contributed by atoms with van der Waals surface area (Å²) in [7, 11) is 2.18. The molecule has 1 N–H and O–H groups in total. The summed E-state index contributed by atoms with van der Waals surface area (Å²) in [6, 6.07) is 46.4.